The maximum atomic E-state index is 12.8. The van der Waals surface area contributed by atoms with Gasteiger partial charge >= 0.3 is 0 Å². The van der Waals surface area contributed by atoms with Crippen molar-refractivity contribution in [2.24, 2.45) is 0 Å². The third-order valence-corrected chi connectivity index (χ3v) is 5.85. The molecule has 2 fully saturated rings. The number of morpholine rings is 1. The van der Waals surface area contributed by atoms with E-state index < -0.39 is 0 Å². The quantitative estimate of drug-likeness (QED) is 0.843. The Kier molecular flexibility index (Phi) is 4.31. The van der Waals surface area contributed by atoms with Crippen molar-refractivity contribution in [3.8, 4) is 0 Å². The van der Waals surface area contributed by atoms with Crippen molar-refractivity contribution in [2.45, 2.75) is 57.5 Å². The van der Waals surface area contributed by atoms with E-state index in [0.717, 1.165) is 36.6 Å². The van der Waals surface area contributed by atoms with Gasteiger partial charge in [0.1, 0.15) is 5.01 Å². The Morgan fingerprint density at radius 2 is 2.19 bits per heavy atom. The highest BCUT2D eigenvalue weighted by Gasteiger charge is 2.40. The number of thiazole rings is 1. The molecule has 1 aliphatic heterocycles. The normalized spacial score (nSPS) is 23.2. The lowest BCUT2D eigenvalue weighted by molar-refractivity contribution is -0.157. The van der Waals surface area contributed by atoms with Gasteiger partial charge in [-0.15, -0.1) is 11.3 Å². The second-order valence-electron chi connectivity index (χ2n) is 6.40. The fourth-order valence-corrected chi connectivity index (χ4v) is 4.33. The number of amides is 1. The molecule has 1 amide bonds. The minimum atomic E-state index is -0.137. The topological polar surface area (TPSA) is 42.4 Å². The van der Waals surface area contributed by atoms with Crippen LogP contribution in [0, 0.1) is 6.92 Å². The largest absolute Gasteiger partial charge is 0.371 e. The summed E-state index contributed by atoms with van der Waals surface area (Å²) in [6.07, 6.45) is 5.95. The van der Waals surface area contributed by atoms with Crippen LogP contribution in [0.15, 0.2) is 5.38 Å². The average Bonchev–Trinajstić information content (AvgIpc) is 2.93. The van der Waals surface area contributed by atoms with Gasteiger partial charge in [0, 0.05) is 24.2 Å². The smallest absolute Gasteiger partial charge is 0.232 e. The van der Waals surface area contributed by atoms with Gasteiger partial charge in [-0.2, -0.15) is 0 Å². The van der Waals surface area contributed by atoms with Gasteiger partial charge in [-0.1, -0.05) is 19.3 Å². The molecular weight excluding hydrogens is 284 g/mol. The molecule has 0 radical (unpaired) electrons. The summed E-state index contributed by atoms with van der Waals surface area (Å²) in [5.41, 5.74) is 0.936. The molecule has 0 bridgehead atoms. The lowest BCUT2D eigenvalue weighted by Crippen LogP contribution is -2.55. The van der Waals surface area contributed by atoms with Crippen LogP contribution in [0.1, 0.15) is 55.6 Å². The zero-order valence-electron chi connectivity index (χ0n) is 12.9. The molecule has 2 heterocycles. The molecule has 1 aromatic rings. The minimum Gasteiger partial charge on any atom is -0.371 e. The van der Waals surface area contributed by atoms with E-state index in [2.05, 4.69) is 4.98 Å². The van der Waals surface area contributed by atoms with E-state index in [0.29, 0.717) is 6.61 Å². The van der Waals surface area contributed by atoms with Crippen molar-refractivity contribution >= 4 is 17.2 Å². The number of carbonyl (C=O) groups is 1. The van der Waals surface area contributed by atoms with Gasteiger partial charge in [0.25, 0.3) is 0 Å². The summed E-state index contributed by atoms with van der Waals surface area (Å²) in [7, 11) is 0. The third-order valence-electron chi connectivity index (χ3n) is 4.70. The first-order chi connectivity index (χ1) is 10.1. The minimum absolute atomic E-state index is 0.0648. The van der Waals surface area contributed by atoms with E-state index in [4.69, 9.17) is 4.74 Å². The van der Waals surface area contributed by atoms with Crippen molar-refractivity contribution in [2.75, 3.05) is 19.7 Å². The zero-order chi connectivity index (χ0) is 14.9. The maximum Gasteiger partial charge on any atom is 0.232 e. The lowest BCUT2D eigenvalue weighted by Gasteiger charge is -2.45. The molecule has 21 heavy (non-hydrogen) atoms. The second kappa shape index (κ2) is 6.05. The summed E-state index contributed by atoms with van der Waals surface area (Å²) < 4.78 is 6.07. The van der Waals surface area contributed by atoms with Crippen molar-refractivity contribution < 1.29 is 9.53 Å². The van der Waals surface area contributed by atoms with Crippen molar-refractivity contribution in [3.63, 3.8) is 0 Å². The molecule has 2 aliphatic rings. The molecule has 1 saturated heterocycles. The molecule has 0 aromatic carbocycles. The number of aromatic nitrogens is 1. The number of hydrogen-bond acceptors (Lipinski definition) is 4. The number of carbonyl (C=O) groups excluding carboxylic acids is 1. The van der Waals surface area contributed by atoms with Crippen molar-refractivity contribution in [1.29, 1.82) is 0 Å². The molecule has 116 valence electrons. The van der Waals surface area contributed by atoms with Crippen LogP contribution in [0.3, 0.4) is 0 Å². The first-order valence-electron chi connectivity index (χ1n) is 7.94. The lowest BCUT2D eigenvalue weighted by atomic mass is 9.83. The molecule has 0 N–H and O–H groups in total. The van der Waals surface area contributed by atoms with Gasteiger partial charge < -0.3 is 9.64 Å². The van der Waals surface area contributed by atoms with E-state index >= 15 is 0 Å². The van der Waals surface area contributed by atoms with E-state index in [1.165, 1.54) is 19.3 Å². The van der Waals surface area contributed by atoms with Gasteiger partial charge in [-0.25, -0.2) is 4.98 Å². The van der Waals surface area contributed by atoms with Crippen molar-refractivity contribution in [3.05, 3.63) is 16.1 Å². The van der Waals surface area contributed by atoms with Crippen LogP contribution in [0.2, 0.25) is 0 Å². The van der Waals surface area contributed by atoms with E-state index in [-0.39, 0.29) is 17.4 Å². The Morgan fingerprint density at radius 3 is 2.86 bits per heavy atom. The third kappa shape index (κ3) is 3.14. The van der Waals surface area contributed by atoms with Gasteiger partial charge in [0.2, 0.25) is 5.91 Å². The highest BCUT2D eigenvalue weighted by Crippen LogP contribution is 2.35. The van der Waals surface area contributed by atoms with Crippen LogP contribution in [-0.4, -0.2) is 41.1 Å². The van der Waals surface area contributed by atoms with Gasteiger partial charge in [-0.3, -0.25) is 4.79 Å². The van der Waals surface area contributed by atoms with Crippen LogP contribution >= 0.6 is 11.3 Å². The molecule has 4 nitrogen and oxygen atoms in total. The molecule has 3 rings (SSSR count). The highest BCUT2D eigenvalue weighted by atomic mass is 32.1. The van der Waals surface area contributed by atoms with Crippen LogP contribution in [0.5, 0.6) is 0 Å². The number of hydrogen-bond donors (Lipinski definition) is 0. The Hall–Kier alpha value is -0.940. The average molecular weight is 308 g/mol. The fraction of sp³-hybridized carbons (Fsp3) is 0.750. The van der Waals surface area contributed by atoms with Gasteiger partial charge in [0.15, 0.2) is 0 Å². The zero-order valence-corrected chi connectivity index (χ0v) is 13.7. The standard InChI is InChI=1S/C16H24N2O2S/c1-12-10-21-14(17-12)13(2)15(19)18-8-9-20-16(11-18)6-4-3-5-7-16/h10,13H,3-9,11H2,1-2H3/t13-/m1/s1. The highest BCUT2D eigenvalue weighted by molar-refractivity contribution is 7.09. The summed E-state index contributed by atoms with van der Waals surface area (Å²) in [6, 6.07) is 0. The number of rotatable bonds is 2. The number of nitrogens with zero attached hydrogens (tertiary/aromatic N) is 2. The van der Waals surface area contributed by atoms with Crippen LogP contribution in [-0.2, 0) is 9.53 Å². The Bertz CT molecular complexity index is 503. The number of ether oxygens (including phenoxy) is 1. The number of aryl methyl sites for hydroxylation is 1. The molecule has 5 heteroatoms. The van der Waals surface area contributed by atoms with Gasteiger partial charge in [0.05, 0.1) is 18.1 Å². The van der Waals surface area contributed by atoms with Gasteiger partial charge in [-0.05, 0) is 26.7 Å². The monoisotopic (exact) mass is 308 g/mol. The molecular formula is C16H24N2O2S. The van der Waals surface area contributed by atoms with Crippen LogP contribution in [0.4, 0.5) is 0 Å². The second-order valence-corrected chi connectivity index (χ2v) is 7.29. The Labute approximate surface area is 130 Å². The Morgan fingerprint density at radius 1 is 1.43 bits per heavy atom. The fourth-order valence-electron chi connectivity index (χ4n) is 3.48. The first kappa shape index (κ1) is 15.0. The Balaban J connectivity index is 1.69. The molecule has 1 saturated carbocycles. The maximum absolute atomic E-state index is 12.8. The molecule has 1 spiro atoms. The van der Waals surface area contributed by atoms with Crippen LogP contribution in [0.25, 0.3) is 0 Å². The van der Waals surface area contributed by atoms with Crippen LogP contribution < -0.4 is 0 Å². The summed E-state index contributed by atoms with van der Waals surface area (Å²) in [5, 5.41) is 2.95. The predicted octanol–water partition coefficient (Wildman–Crippen LogP) is 3.12. The molecule has 1 aliphatic carbocycles. The molecule has 0 unspecified atom stereocenters. The summed E-state index contributed by atoms with van der Waals surface area (Å²) in [5.74, 6) is 0.0695. The van der Waals surface area contributed by atoms with Crippen molar-refractivity contribution in [1.82, 2.24) is 9.88 Å². The van der Waals surface area contributed by atoms with E-state index in [1.54, 1.807) is 11.3 Å². The van der Waals surface area contributed by atoms with E-state index in [1.807, 2.05) is 24.1 Å². The predicted molar refractivity (Wildman–Crippen MR) is 83.6 cm³/mol. The molecule has 1 atom stereocenters. The van der Waals surface area contributed by atoms with E-state index in [9.17, 15) is 4.79 Å². The molecule has 1 aromatic heterocycles. The summed E-state index contributed by atoms with van der Waals surface area (Å²) in [4.78, 5) is 19.3. The summed E-state index contributed by atoms with van der Waals surface area (Å²) >= 11 is 1.59. The summed E-state index contributed by atoms with van der Waals surface area (Å²) in [6.45, 7) is 6.11. The SMILES string of the molecule is Cc1csc([C@@H](C)C(=O)N2CCOC3(CCCCC3)C2)n1. The first-order valence-corrected chi connectivity index (χ1v) is 8.82.